The molecule has 3 nitrogen and oxygen atoms in total. The fourth-order valence-corrected chi connectivity index (χ4v) is 3.42. The van der Waals surface area contributed by atoms with Crippen molar-refractivity contribution in [2.24, 2.45) is 0 Å². The Labute approximate surface area is 130 Å². The first-order valence-corrected chi connectivity index (χ1v) is 7.89. The Hall–Kier alpha value is -1.61. The van der Waals surface area contributed by atoms with Gasteiger partial charge in [0.25, 0.3) is 0 Å². The summed E-state index contributed by atoms with van der Waals surface area (Å²) in [5.74, 6) is 1.16. The Morgan fingerprint density at radius 3 is 2.86 bits per heavy atom. The molecule has 3 rings (SSSR count). The average Bonchev–Trinajstić information content (AvgIpc) is 2.47. The highest BCUT2D eigenvalue weighted by Crippen LogP contribution is 2.35. The summed E-state index contributed by atoms with van der Waals surface area (Å²) < 4.78 is 0. The van der Waals surface area contributed by atoms with Crippen LogP contribution in [0.3, 0.4) is 0 Å². The molecule has 1 aromatic carbocycles. The van der Waals surface area contributed by atoms with Gasteiger partial charge in [0, 0.05) is 5.56 Å². The van der Waals surface area contributed by atoms with Crippen LogP contribution < -0.4 is 5.32 Å². The summed E-state index contributed by atoms with van der Waals surface area (Å²) in [5, 5.41) is 4.14. The highest BCUT2D eigenvalue weighted by atomic mass is 35.5. The van der Waals surface area contributed by atoms with Gasteiger partial charge in [0.05, 0.1) is 6.04 Å². The summed E-state index contributed by atoms with van der Waals surface area (Å²) in [5.41, 5.74) is 3.82. The molecule has 1 heterocycles. The van der Waals surface area contributed by atoms with Crippen molar-refractivity contribution in [3.05, 3.63) is 52.4 Å². The Morgan fingerprint density at radius 1 is 1.24 bits per heavy atom. The number of anilines is 1. The molecule has 1 N–H and O–H groups in total. The van der Waals surface area contributed by atoms with Crippen LogP contribution in [0.5, 0.6) is 0 Å². The highest BCUT2D eigenvalue weighted by Gasteiger charge is 2.22. The monoisotopic (exact) mass is 301 g/mol. The zero-order chi connectivity index (χ0) is 14.8. The molecule has 0 radical (unpaired) electrons. The number of halogens is 1. The van der Waals surface area contributed by atoms with Crippen LogP contribution in [0.25, 0.3) is 0 Å². The second-order valence-corrected chi connectivity index (χ2v) is 6.23. The molecule has 110 valence electrons. The van der Waals surface area contributed by atoms with E-state index >= 15 is 0 Å². The van der Waals surface area contributed by atoms with Gasteiger partial charge in [-0.2, -0.15) is 0 Å². The molecule has 1 unspecified atom stereocenters. The largest absolute Gasteiger partial charge is 0.363 e. The molecule has 0 bridgehead atoms. The van der Waals surface area contributed by atoms with Crippen LogP contribution in [0, 0.1) is 0 Å². The molecule has 1 aliphatic rings. The number of fused-ring (bicyclic) bond motifs is 1. The van der Waals surface area contributed by atoms with Gasteiger partial charge in [-0.25, -0.2) is 9.97 Å². The normalized spacial score (nSPS) is 17.6. The lowest BCUT2D eigenvalue weighted by molar-refractivity contribution is 0.597. The predicted molar refractivity (Wildman–Crippen MR) is 86.9 cm³/mol. The molecular weight excluding hydrogens is 282 g/mol. The van der Waals surface area contributed by atoms with Crippen molar-refractivity contribution < 1.29 is 0 Å². The zero-order valence-corrected chi connectivity index (χ0v) is 13.2. The minimum atomic E-state index is 0.292. The van der Waals surface area contributed by atoms with Gasteiger partial charge in [-0.1, -0.05) is 49.7 Å². The van der Waals surface area contributed by atoms with Gasteiger partial charge in [-0.05, 0) is 36.3 Å². The lowest BCUT2D eigenvalue weighted by Gasteiger charge is -2.28. The third-order valence-corrected chi connectivity index (χ3v) is 4.39. The van der Waals surface area contributed by atoms with Crippen LogP contribution in [0.2, 0.25) is 5.15 Å². The summed E-state index contributed by atoms with van der Waals surface area (Å²) in [7, 11) is 0. The van der Waals surface area contributed by atoms with E-state index in [1.165, 1.54) is 23.9 Å². The summed E-state index contributed by atoms with van der Waals surface area (Å²) >= 11 is 6.25. The van der Waals surface area contributed by atoms with Crippen molar-refractivity contribution in [1.29, 1.82) is 0 Å². The molecule has 1 atom stereocenters. The Balaban J connectivity index is 1.94. The van der Waals surface area contributed by atoms with Crippen molar-refractivity contribution in [2.45, 2.75) is 45.1 Å². The molecule has 0 saturated carbocycles. The number of benzene rings is 1. The van der Waals surface area contributed by atoms with E-state index in [4.69, 9.17) is 11.6 Å². The molecule has 1 aliphatic carbocycles. The van der Waals surface area contributed by atoms with E-state index in [-0.39, 0.29) is 0 Å². The van der Waals surface area contributed by atoms with E-state index in [0.717, 1.165) is 24.2 Å². The molecule has 4 heteroatoms. The van der Waals surface area contributed by atoms with Crippen molar-refractivity contribution in [3.63, 3.8) is 0 Å². The third kappa shape index (κ3) is 2.88. The minimum absolute atomic E-state index is 0.292. The van der Waals surface area contributed by atoms with Gasteiger partial charge >= 0.3 is 0 Å². The first kappa shape index (κ1) is 14.3. The average molecular weight is 302 g/mol. The molecule has 1 aromatic heterocycles. The van der Waals surface area contributed by atoms with Gasteiger partial charge < -0.3 is 5.32 Å². The molecule has 0 aliphatic heterocycles. The van der Waals surface area contributed by atoms with Crippen LogP contribution in [0.4, 0.5) is 5.82 Å². The molecule has 2 aromatic rings. The van der Waals surface area contributed by atoms with Crippen LogP contribution in [-0.4, -0.2) is 9.97 Å². The van der Waals surface area contributed by atoms with E-state index < -0.39 is 0 Å². The Bertz CT molecular complexity index is 640. The van der Waals surface area contributed by atoms with Gasteiger partial charge in [0.1, 0.15) is 17.3 Å². The molecular formula is C17H20ClN3. The topological polar surface area (TPSA) is 37.8 Å². The number of nitrogens with one attached hydrogen (secondary N) is 1. The van der Waals surface area contributed by atoms with Gasteiger partial charge in [-0.3, -0.25) is 0 Å². The number of hydrogen-bond donors (Lipinski definition) is 1. The Morgan fingerprint density at radius 2 is 2.05 bits per heavy atom. The van der Waals surface area contributed by atoms with E-state index in [9.17, 15) is 0 Å². The second-order valence-electron chi connectivity index (χ2n) is 5.87. The number of aromatic nitrogens is 2. The maximum absolute atomic E-state index is 6.25. The van der Waals surface area contributed by atoms with Gasteiger partial charge in [0.15, 0.2) is 0 Å². The number of hydrogen-bond acceptors (Lipinski definition) is 3. The highest BCUT2D eigenvalue weighted by molar-refractivity contribution is 6.30. The summed E-state index contributed by atoms with van der Waals surface area (Å²) in [6.45, 7) is 4.23. The van der Waals surface area contributed by atoms with Crippen LogP contribution >= 0.6 is 11.6 Å². The zero-order valence-electron chi connectivity index (χ0n) is 12.4. The van der Waals surface area contributed by atoms with Crippen molar-refractivity contribution >= 4 is 17.4 Å². The standard InChI is InChI=1S/C17H20ClN3/c1-11(2)15-16(18)19-10-20-17(15)21-14-9-5-7-12-6-3-4-8-13(12)14/h3-4,6,8,10-11,14H,5,7,9H2,1-2H3,(H,19,20,21). The predicted octanol–water partition coefficient (Wildman–Crippen LogP) is 4.74. The smallest absolute Gasteiger partial charge is 0.138 e. The second kappa shape index (κ2) is 6.02. The number of aryl methyl sites for hydroxylation is 1. The van der Waals surface area contributed by atoms with Crippen LogP contribution in [-0.2, 0) is 6.42 Å². The summed E-state index contributed by atoms with van der Waals surface area (Å²) in [6, 6.07) is 8.96. The molecule has 0 amide bonds. The van der Waals surface area contributed by atoms with Gasteiger partial charge in [0.2, 0.25) is 0 Å². The van der Waals surface area contributed by atoms with Gasteiger partial charge in [-0.15, -0.1) is 0 Å². The van der Waals surface area contributed by atoms with Crippen molar-refractivity contribution in [1.82, 2.24) is 9.97 Å². The number of rotatable bonds is 3. The first-order valence-electron chi connectivity index (χ1n) is 7.51. The molecule has 0 saturated heterocycles. The molecule has 21 heavy (non-hydrogen) atoms. The van der Waals surface area contributed by atoms with Crippen molar-refractivity contribution in [2.75, 3.05) is 5.32 Å². The summed E-state index contributed by atoms with van der Waals surface area (Å²) in [6.07, 6.45) is 5.02. The van der Waals surface area contributed by atoms with E-state index in [1.54, 1.807) is 0 Å². The maximum atomic E-state index is 6.25. The SMILES string of the molecule is CC(C)c1c(Cl)ncnc1NC1CCCc2ccccc21. The third-order valence-electron chi connectivity index (χ3n) is 4.09. The number of nitrogens with zero attached hydrogens (tertiary/aromatic N) is 2. The first-order chi connectivity index (χ1) is 10.2. The van der Waals surface area contributed by atoms with Crippen LogP contribution in [0.1, 0.15) is 55.3 Å². The minimum Gasteiger partial charge on any atom is -0.363 e. The van der Waals surface area contributed by atoms with E-state index in [0.29, 0.717) is 17.1 Å². The van der Waals surface area contributed by atoms with Crippen molar-refractivity contribution in [3.8, 4) is 0 Å². The fraction of sp³-hybridized carbons (Fsp3) is 0.412. The molecule has 0 fully saturated rings. The quantitative estimate of drug-likeness (QED) is 0.832. The lowest BCUT2D eigenvalue weighted by Crippen LogP contribution is -2.19. The van der Waals surface area contributed by atoms with E-state index in [1.807, 2.05) is 0 Å². The van der Waals surface area contributed by atoms with Crippen LogP contribution in [0.15, 0.2) is 30.6 Å². The summed E-state index contributed by atoms with van der Waals surface area (Å²) in [4.78, 5) is 8.53. The lowest BCUT2D eigenvalue weighted by atomic mass is 9.87. The van der Waals surface area contributed by atoms with E-state index in [2.05, 4.69) is 53.4 Å². The maximum Gasteiger partial charge on any atom is 0.138 e. The molecule has 0 spiro atoms. The Kier molecular flexibility index (Phi) is 4.11. The fourth-order valence-electron chi connectivity index (χ4n) is 3.07.